The molecule has 0 aliphatic carbocycles. The van der Waals surface area contributed by atoms with E-state index in [1.165, 1.54) is 0 Å². The van der Waals surface area contributed by atoms with Crippen molar-refractivity contribution >= 4 is 22.5 Å². The lowest BCUT2D eigenvalue weighted by Gasteiger charge is -2.27. The Morgan fingerprint density at radius 3 is 2.68 bits per heavy atom. The minimum Gasteiger partial charge on any atom is -0.463 e. The molecule has 2 aromatic carbocycles. The fraction of sp³-hybridized carbons (Fsp3) is 0.400. The molecule has 0 bridgehead atoms. The van der Waals surface area contributed by atoms with Crippen LogP contribution in [0.1, 0.15) is 39.2 Å². The highest BCUT2D eigenvalue weighted by Gasteiger charge is 2.52. The molecule has 0 saturated heterocycles. The Morgan fingerprint density at radius 1 is 1.28 bits per heavy atom. The van der Waals surface area contributed by atoms with Crippen molar-refractivity contribution in [3.63, 3.8) is 0 Å². The van der Waals surface area contributed by atoms with Crippen LogP contribution < -0.4 is 5.73 Å². The van der Waals surface area contributed by atoms with Crippen molar-refractivity contribution in [2.75, 3.05) is 6.61 Å². The molecule has 2 atom stereocenters. The summed E-state index contributed by atoms with van der Waals surface area (Å²) in [7, 11) is 0. The predicted molar refractivity (Wildman–Crippen MR) is 98.3 cm³/mol. The number of carbonyl (C=O) groups is 1. The molecule has 1 heterocycles. The maximum atomic E-state index is 12.8. The highest BCUT2D eigenvalue weighted by Crippen LogP contribution is 2.39. The number of esters is 1. The van der Waals surface area contributed by atoms with Gasteiger partial charge < -0.3 is 15.3 Å². The van der Waals surface area contributed by atoms with Gasteiger partial charge in [0.1, 0.15) is 0 Å². The summed E-state index contributed by atoms with van der Waals surface area (Å²) in [6.07, 6.45) is 0.997. The van der Waals surface area contributed by atoms with Crippen LogP contribution in [0.25, 0.3) is 10.8 Å². The van der Waals surface area contributed by atoms with Gasteiger partial charge in [0.15, 0.2) is 0 Å². The van der Waals surface area contributed by atoms with Gasteiger partial charge in [-0.15, -0.1) is 0 Å². The van der Waals surface area contributed by atoms with E-state index in [-0.39, 0.29) is 6.61 Å². The van der Waals surface area contributed by atoms with Crippen LogP contribution in [0.5, 0.6) is 0 Å². The molecule has 2 N–H and O–H groups in total. The van der Waals surface area contributed by atoms with Crippen LogP contribution in [0, 0.1) is 0 Å². The summed E-state index contributed by atoms with van der Waals surface area (Å²) < 4.78 is 5.31. The molecule has 0 saturated carbocycles. The third-order valence-electron chi connectivity index (χ3n) is 4.94. The molecule has 0 amide bonds. The van der Waals surface area contributed by atoms with Crippen LogP contribution in [-0.4, -0.2) is 23.8 Å². The third kappa shape index (κ3) is 3.00. The molecule has 0 radical (unpaired) electrons. The standard InChI is InChI=1S/C20H24N2O3/c1-4-19(3,21)17-13-20(25-22-17,18(23)24-5-2)16-11-10-14-8-6-7-9-15(14)12-16/h6-12H,4-5,13,21H2,1-3H3/t19-,20?/m0/s1. The first-order chi connectivity index (χ1) is 11.9. The summed E-state index contributed by atoms with van der Waals surface area (Å²) in [4.78, 5) is 18.5. The number of fused-ring (bicyclic) bond motifs is 1. The molecule has 5 heteroatoms. The summed E-state index contributed by atoms with van der Waals surface area (Å²) in [6.45, 7) is 5.95. The summed E-state index contributed by atoms with van der Waals surface area (Å²) >= 11 is 0. The lowest BCUT2D eigenvalue weighted by Crippen LogP contribution is -2.46. The van der Waals surface area contributed by atoms with Crippen molar-refractivity contribution in [1.82, 2.24) is 0 Å². The maximum Gasteiger partial charge on any atom is 0.358 e. The van der Waals surface area contributed by atoms with Gasteiger partial charge in [0.2, 0.25) is 0 Å². The molecule has 0 aromatic heterocycles. The van der Waals surface area contributed by atoms with Crippen LogP contribution in [0.3, 0.4) is 0 Å². The smallest absolute Gasteiger partial charge is 0.358 e. The van der Waals surface area contributed by atoms with Gasteiger partial charge in [-0.3, -0.25) is 0 Å². The number of hydrogen-bond acceptors (Lipinski definition) is 5. The van der Waals surface area contributed by atoms with Crippen LogP contribution in [-0.2, 0) is 20.0 Å². The van der Waals surface area contributed by atoms with Crippen molar-refractivity contribution in [2.45, 2.75) is 44.8 Å². The number of hydrogen-bond donors (Lipinski definition) is 1. The maximum absolute atomic E-state index is 12.8. The lowest BCUT2D eigenvalue weighted by molar-refractivity contribution is -0.170. The summed E-state index contributed by atoms with van der Waals surface area (Å²) in [5.74, 6) is -0.434. The average molecular weight is 340 g/mol. The highest BCUT2D eigenvalue weighted by atomic mass is 16.7. The van der Waals surface area contributed by atoms with Gasteiger partial charge in [-0.1, -0.05) is 48.5 Å². The molecule has 3 rings (SSSR count). The first kappa shape index (κ1) is 17.4. The van der Waals surface area contributed by atoms with Crippen LogP contribution in [0.4, 0.5) is 0 Å². The lowest BCUT2D eigenvalue weighted by atomic mass is 9.82. The molecule has 5 nitrogen and oxygen atoms in total. The molecule has 132 valence electrons. The SMILES string of the molecule is CCOC(=O)C1(c2ccc3ccccc3c2)CC([C@@](C)(N)CC)=NO1. The summed E-state index contributed by atoms with van der Waals surface area (Å²) in [6, 6.07) is 13.8. The Kier molecular flexibility index (Phi) is 4.52. The predicted octanol–water partition coefficient (Wildman–Crippen LogP) is 3.50. The van der Waals surface area contributed by atoms with E-state index in [2.05, 4.69) is 5.16 Å². The van der Waals surface area contributed by atoms with E-state index in [1.54, 1.807) is 6.92 Å². The number of nitrogens with zero attached hydrogens (tertiary/aromatic N) is 1. The van der Waals surface area contributed by atoms with Crippen LogP contribution in [0.2, 0.25) is 0 Å². The molecule has 1 aliphatic heterocycles. The zero-order valence-electron chi connectivity index (χ0n) is 14.9. The second kappa shape index (κ2) is 6.48. The number of oxime groups is 1. The van der Waals surface area contributed by atoms with Gasteiger partial charge in [-0.2, -0.15) is 0 Å². The van der Waals surface area contributed by atoms with Gasteiger partial charge in [0, 0.05) is 12.0 Å². The highest BCUT2D eigenvalue weighted by molar-refractivity contribution is 6.00. The number of benzene rings is 2. The van der Waals surface area contributed by atoms with Gasteiger partial charge >= 0.3 is 5.97 Å². The van der Waals surface area contributed by atoms with Crippen LogP contribution >= 0.6 is 0 Å². The molecule has 0 spiro atoms. The Hall–Kier alpha value is -2.40. The first-order valence-corrected chi connectivity index (χ1v) is 8.64. The minimum absolute atomic E-state index is 0.278. The number of ether oxygens (including phenoxy) is 1. The first-order valence-electron chi connectivity index (χ1n) is 8.64. The van der Waals surface area contributed by atoms with Crippen LogP contribution in [0.15, 0.2) is 47.6 Å². The number of rotatable bonds is 5. The van der Waals surface area contributed by atoms with Gasteiger partial charge in [0.25, 0.3) is 5.60 Å². The monoisotopic (exact) mass is 340 g/mol. The van der Waals surface area contributed by atoms with Crippen molar-refractivity contribution in [3.8, 4) is 0 Å². The Balaban J connectivity index is 2.05. The molecule has 25 heavy (non-hydrogen) atoms. The second-order valence-electron chi connectivity index (χ2n) is 6.69. The quantitative estimate of drug-likeness (QED) is 0.845. The zero-order chi connectivity index (χ0) is 18.1. The van der Waals surface area contributed by atoms with Crippen molar-refractivity contribution in [1.29, 1.82) is 0 Å². The second-order valence-corrected chi connectivity index (χ2v) is 6.69. The van der Waals surface area contributed by atoms with Gasteiger partial charge in [-0.25, -0.2) is 4.79 Å². The van der Waals surface area contributed by atoms with E-state index in [1.807, 2.05) is 56.3 Å². The fourth-order valence-corrected chi connectivity index (χ4v) is 3.01. The molecule has 1 aliphatic rings. The normalized spacial score (nSPS) is 22.2. The van der Waals surface area contributed by atoms with Crippen molar-refractivity contribution < 1.29 is 14.4 Å². The molecule has 2 aromatic rings. The topological polar surface area (TPSA) is 73.9 Å². The molecular formula is C20H24N2O3. The average Bonchev–Trinajstić information content (AvgIpc) is 3.09. The number of carbonyl (C=O) groups excluding carboxylic acids is 1. The van der Waals surface area contributed by atoms with E-state index in [9.17, 15) is 4.79 Å². The van der Waals surface area contributed by atoms with E-state index >= 15 is 0 Å². The molecular weight excluding hydrogens is 316 g/mol. The van der Waals surface area contributed by atoms with Crippen molar-refractivity contribution in [3.05, 3.63) is 48.0 Å². The Bertz CT molecular complexity index is 829. The number of nitrogens with two attached hydrogens (primary N) is 1. The molecule has 1 unspecified atom stereocenters. The van der Waals surface area contributed by atoms with E-state index < -0.39 is 17.1 Å². The van der Waals surface area contributed by atoms with Crippen molar-refractivity contribution in [2.24, 2.45) is 10.9 Å². The largest absolute Gasteiger partial charge is 0.463 e. The van der Waals surface area contributed by atoms with Gasteiger partial charge in [-0.05, 0) is 37.1 Å². The van der Waals surface area contributed by atoms with E-state index in [4.69, 9.17) is 15.3 Å². The third-order valence-corrected chi connectivity index (χ3v) is 4.94. The van der Waals surface area contributed by atoms with E-state index in [0.29, 0.717) is 18.6 Å². The molecule has 0 fully saturated rings. The summed E-state index contributed by atoms with van der Waals surface area (Å²) in [5.41, 5.74) is 5.84. The fourth-order valence-electron chi connectivity index (χ4n) is 3.01. The minimum atomic E-state index is -1.27. The van der Waals surface area contributed by atoms with E-state index in [0.717, 1.165) is 16.3 Å². The van der Waals surface area contributed by atoms with Gasteiger partial charge in [0.05, 0.1) is 17.9 Å². The zero-order valence-corrected chi connectivity index (χ0v) is 14.9. The summed E-state index contributed by atoms with van der Waals surface area (Å²) in [5, 5.41) is 6.32. The Labute approximate surface area is 147 Å². The Morgan fingerprint density at radius 2 is 2.00 bits per heavy atom.